The number of nitrogens with zero attached hydrogens (tertiary/aromatic N) is 1. The van der Waals surface area contributed by atoms with Gasteiger partial charge in [-0.25, -0.2) is 4.79 Å². The van der Waals surface area contributed by atoms with Crippen LogP contribution in [0.4, 0.5) is 4.79 Å². The highest BCUT2D eigenvalue weighted by atomic mass is 16.5. The maximum absolute atomic E-state index is 12.5. The summed E-state index contributed by atoms with van der Waals surface area (Å²) in [5.41, 5.74) is 4.61. The topological polar surface area (TPSA) is 95.9 Å². The zero-order valence-electron chi connectivity index (χ0n) is 18.5. The van der Waals surface area contributed by atoms with Gasteiger partial charge in [0.2, 0.25) is 5.91 Å². The molecule has 0 aliphatic heterocycles. The van der Waals surface area contributed by atoms with Gasteiger partial charge >= 0.3 is 12.1 Å². The Morgan fingerprint density at radius 2 is 1.66 bits per heavy atom. The highest BCUT2D eigenvalue weighted by Gasteiger charge is 2.29. The van der Waals surface area contributed by atoms with E-state index in [0.717, 1.165) is 28.7 Å². The number of nitrogens with one attached hydrogen (secondary N) is 1. The fourth-order valence-corrected chi connectivity index (χ4v) is 4.14. The molecule has 0 unspecified atom stereocenters. The lowest BCUT2D eigenvalue weighted by Crippen LogP contribution is -2.40. The van der Waals surface area contributed by atoms with Crippen LogP contribution in [0.3, 0.4) is 0 Å². The summed E-state index contributed by atoms with van der Waals surface area (Å²) in [5.74, 6) is -1.18. The molecule has 170 valence electrons. The van der Waals surface area contributed by atoms with Crippen molar-refractivity contribution in [3.63, 3.8) is 0 Å². The minimum Gasteiger partial charge on any atom is -0.481 e. The normalized spacial score (nSPS) is 13.1. The van der Waals surface area contributed by atoms with E-state index in [1.54, 1.807) is 7.05 Å². The minimum absolute atomic E-state index is 0.0263. The van der Waals surface area contributed by atoms with Crippen LogP contribution in [0.5, 0.6) is 0 Å². The van der Waals surface area contributed by atoms with Crippen LogP contribution in [-0.4, -0.2) is 54.2 Å². The third kappa shape index (κ3) is 5.66. The van der Waals surface area contributed by atoms with Crippen molar-refractivity contribution in [1.29, 1.82) is 0 Å². The van der Waals surface area contributed by atoms with Crippen molar-refractivity contribution in [2.24, 2.45) is 0 Å². The smallest absolute Gasteiger partial charge is 0.407 e. The van der Waals surface area contributed by atoms with Gasteiger partial charge in [0.25, 0.3) is 0 Å². The number of carboxylic acid groups (broad SMARTS) is 1. The lowest BCUT2D eigenvalue weighted by molar-refractivity contribution is -0.138. The number of amides is 2. The molecule has 0 spiro atoms. The van der Waals surface area contributed by atoms with Gasteiger partial charge in [-0.2, -0.15) is 0 Å². The summed E-state index contributed by atoms with van der Waals surface area (Å²) in [6.45, 7) is 2.33. The number of carbonyl (C=O) groups excluding carboxylic acids is 2. The molecule has 2 amide bonds. The first-order chi connectivity index (χ1) is 15.4. The standard InChI is InChI=1S/C25H30N2O5/c1-3-8-17(15-23(28)27(2)14-13-24(29)30)26-25(31)32-16-22-20-11-6-4-9-18(20)19-10-5-7-12-21(19)22/h4-7,9-12,17,22H,3,8,13-16H2,1-2H3,(H,26,31)(H,29,30)/t17-/m1/s1. The monoisotopic (exact) mass is 438 g/mol. The molecule has 2 N–H and O–H groups in total. The molecule has 0 bridgehead atoms. The van der Waals surface area contributed by atoms with E-state index < -0.39 is 12.1 Å². The zero-order chi connectivity index (χ0) is 23.1. The number of hydrogen-bond acceptors (Lipinski definition) is 4. The molecule has 1 atom stereocenters. The Morgan fingerprint density at radius 3 is 2.22 bits per heavy atom. The molecule has 0 heterocycles. The molecule has 7 heteroatoms. The summed E-state index contributed by atoms with van der Waals surface area (Å²) < 4.78 is 5.58. The highest BCUT2D eigenvalue weighted by Crippen LogP contribution is 2.44. The molecule has 2 aromatic rings. The third-order valence-electron chi connectivity index (χ3n) is 5.81. The second-order valence-corrected chi connectivity index (χ2v) is 8.12. The summed E-state index contributed by atoms with van der Waals surface area (Å²) in [5, 5.41) is 11.6. The van der Waals surface area contributed by atoms with E-state index in [0.29, 0.717) is 6.42 Å². The highest BCUT2D eigenvalue weighted by molar-refractivity contribution is 5.80. The van der Waals surface area contributed by atoms with Crippen LogP contribution in [0.1, 0.15) is 49.7 Å². The Bertz CT molecular complexity index is 929. The number of alkyl carbamates (subject to hydrolysis) is 1. The second-order valence-electron chi connectivity index (χ2n) is 8.12. The first-order valence-corrected chi connectivity index (χ1v) is 11.0. The molecule has 3 rings (SSSR count). The van der Waals surface area contributed by atoms with Crippen molar-refractivity contribution in [1.82, 2.24) is 10.2 Å². The van der Waals surface area contributed by atoms with Gasteiger partial charge in [-0.15, -0.1) is 0 Å². The molecular formula is C25H30N2O5. The summed E-state index contributed by atoms with van der Waals surface area (Å²) in [6, 6.07) is 15.9. The van der Waals surface area contributed by atoms with Crippen molar-refractivity contribution in [2.75, 3.05) is 20.2 Å². The van der Waals surface area contributed by atoms with Gasteiger partial charge in [0.1, 0.15) is 6.61 Å². The number of carbonyl (C=O) groups is 3. The zero-order valence-corrected chi connectivity index (χ0v) is 18.5. The van der Waals surface area contributed by atoms with Crippen molar-refractivity contribution in [3.8, 4) is 11.1 Å². The Hall–Kier alpha value is -3.35. The van der Waals surface area contributed by atoms with Gasteiger partial charge in [-0.05, 0) is 28.7 Å². The van der Waals surface area contributed by atoms with Gasteiger partial charge in [0.05, 0.1) is 6.42 Å². The van der Waals surface area contributed by atoms with Gasteiger partial charge in [0, 0.05) is 32.0 Å². The summed E-state index contributed by atoms with van der Waals surface area (Å²) >= 11 is 0. The predicted molar refractivity (Wildman–Crippen MR) is 121 cm³/mol. The van der Waals surface area contributed by atoms with E-state index in [1.807, 2.05) is 31.2 Å². The van der Waals surface area contributed by atoms with Gasteiger partial charge < -0.3 is 20.1 Å². The third-order valence-corrected chi connectivity index (χ3v) is 5.81. The molecule has 0 saturated heterocycles. The quantitative estimate of drug-likeness (QED) is 0.584. The number of rotatable bonds is 10. The van der Waals surface area contributed by atoms with Crippen LogP contribution in [0.25, 0.3) is 11.1 Å². The maximum Gasteiger partial charge on any atom is 0.407 e. The Labute approximate surface area is 188 Å². The van der Waals surface area contributed by atoms with E-state index in [4.69, 9.17) is 9.84 Å². The molecular weight excluding hydrogens is 408 g/mol. The Balaban J connectivity index is 1.58. The van der Waals surface area contributed by atoms with Gasteiger partial charge in [-0.3, -0.25) is 9.59 Å². The Kier molecular flexibility index (Phi) is 7.87. The lowest BCUT2D eigenvalue weighted by Gasteiger charge is -2.22. The first-order valence-electron chi connectivity index (χ1n) is 11.0. The van der Waals surface area contributed by atoms with Crippen LogP contribution < -0.4 is 5.32 Å². The molecule has 7 nitrogen and oxygen atoms in total. The molecule has 1 aliphatic carbocycles. The van der Waals surface area contributed by atoms with Crippen LogP contribution in [0.2, 0.25) is 0 Å². The average molecular weight is 439 g/mol. The number of carboxylic acids is 1. The van der Waals surface area contributed by atoms with Crippen LogP contribution in [0.15, 0.2) is 48.5 Å². The molecule has 0 fully saturated rings. The number of benzene rings is 2. The summed E-state index contributed by atoms with van der Waals surface area (Å²) in [6.07, 6.45) is 0.865. The first kappa shape index (κ1) is 23.3. The summed E-state index contributed by atoms with van der Waals surface area (Å²) in [7, 11) is 1.57. The van der Waals surface area contributed by atoms with Gasteiger partial charge in [0.15, 0.2) is 0 Å². The van der Waals surface area contributed by atoms with Crippen molar-refractivity contribution < 1.29 is 24.2 Å². The SMILES string of the molecule is CCC[C@H](CC(=O)N(C)CCC(=O)O)NC(=O)OCC1c2ccccc2-c2ccccc21. The van der Waals surface area contributed by atoms with E-state index in [1.165, 1.54) is 4.90 Å². The van der Waals surface area contributed by atoms with E-state index in [9.17, 15) is 14.4 Å². The van der Waals surface area contributed by atoms with E-state index in [2.05, 4.69) is 29.6 Å². The second kappa shape index (κ2) is 10.8. The van der Waals surface area contributed by atoms with Crippen molar-refractivity contribution in [3.05, 3.63) is 59.7 Å². The molecule has 0 radical (unpaired) electrons. The number of hydrogen-bond donors (Lipinski definition) is 2. The predicted octanol–water partition coefficient (Wildman–Crippen LogP) is 4.02. The lowest BCUT2D eigenvalue weighted by atomic mass is 9.98. The number of ether oxygens (including phenoxy) is 1. The number of aliphatic carboxylic acids is 1. The average Bonchev–Trinajstić information content (AvgIpc) is 3.10. The van der Waals surface area contributed by atoms with E-state index >= 15 is 0 Å². The van der Waals surface area contributed by atoms with Gasteiger partial charge in [-0.1, -0.05) is 61.9 Å². The fourth-order valence-electron chi connectivity index (χ4n) is 4.14. The summed E-state index contributed by atoms with van der Waals surface area (Å²) in [4.78, 5) is 37.0. The van der Waals surface area contributed by atoms with Crippen molar-refractivity contribution >= 4 is 18.0 Å². The number of fused-ring (bicyclic) bond motifs is 3. The van der Waals surface area contributed by atoms with Crippen molar-refractivity contribution in [2.45, 2.75) is 44.6 Å². The van der Waals surface area contributed by atoms with E-state index in [-0.39, 0.29) is 43.9 Å². The Morgan fingerprint density at radius 1 is 1.06 bits per heavy atom. The molecule has 0 aromatic heterocycles. The van der Waals surface area contributed by atoms with Crippen LogP contribution >= 0.6 is 0 Å². The minimum atomic E-state index is -0.952. The maximum atomic E-state index is 12.5. The molecule has 2 aromatic carbocycles. The molecule has 1 aliphatic rings. The van der Waals surface area contributed by atoms with Crippen LogP contribution in [-0.2, 0) is 14.3 Å². The fraction of sp³-hybridized carbons (Fsp3) is 0.400. The van der Waals surface area contributed by atoms with Crippen LogP contribution in [0, 0.1) is 0 Å². The largest absolute Gasteiger partial charge is 0.481 e. The molecule has 32 heavy (non-hydrogen) atoms. The molecule has 0 saturated carbocycles.